The number of carboxylic acids is 1. The molecule has 2 rings (SSSR count). The van der Waals surface area contributed by atoms with Gasteiger partial charge in [-0.1, -0.05) is 18.5 Å². The second-order valence-corrected chi connectivity index (χ2v) is 5.21. The Morgan fingerprint density at radius 3 is 2.85 bits per heavy atom. The fourth-order valence-electron chi connectivity index (χ4n) is 2.20. The van der Waals surface area contributed by atoms with Crippen molar-refractivity contribution in [3.05, 3.63) is 35.5 Å². The van der Waals surface area contributed by atoms with Gasteiger partial charge in [-0.15, -0.1) is 0 Å². The van der Waals surface area contributed by atoms with Gasteiger partial charge in [-0.25, -0.2) is 0 Å². The summed E-state index contributed by atoms with van der Waals surface area (Å²) in [5, 5.41) is 10.7. The maximum atomic E-state index is 11.1. The minimum Gasteiger partial charge on any atom is -0.480 e. The zero-order valence-electron chi connectivity index (χ0n) is 11.5. The number of fused-ring (bicyclic) bond motifs is 1. The van der Waals surface area contributed by atoms with Crippen molar-refractivity contribution in [2.75, 3.05) is 11.4 Å². The largest absolute Gasteiger partial charge is 0.480 e. The molecule has 0 aliphatic carbocycles. The van der Waals surface area contributed by atoms with Crippen LogP contribution in [0.5, 0.6) is 0 Å². The SMILES string of the molecule is CCC(C)N(CC(=O)O)c1ccnc2cc(Cl)ccc12. The molecule has 0 fully saturated rings. The molecule has 1 N–H and O–H groups in total. The first-order valence-electron chi connectivity index (χ1n) is 6.55. The molecule has 0 aliphatic heterocycles. The van der Waals surface area contributed by atoms with Gasteiger partial charge in [0.25, 0.3) is 0 Å². The first-order chi connectivity index (χ1) is 9.52. The van der Waals surface area contributed by atoms with Crippen molar-refractivity contribution in [2.45, 2.75) is 26.3 Å². The number of benzene rings is 1. The summed E-state index contributed by atoms with van der Waals surface area (Å²) >= 11 is 5.98. The molecule has 1 aromatic carbocycles. The number of carbonyl (C=O) groups is 1. The Bertz CT molecular complexity index is 630. The van der Waals surface area contributed by atoms with E-state index < -0.39 is 5.97 Å². The topological polar surface area (TPSA) is 53.4 Å². The van der Waals surface area contributed by atoms with Crippen molar-refractivity contribution in [1.29, 1.82) is 0 Å². The van der Waals surface area contributed by atoms with Crippen molar-refractivity contribution in [1.82, 2.24) is 4.98 Å². The Labute approximate surface area is 123 Å². The van der Waals surface area contributed by atoms with E-state index in [0.717, 1.165) is 23.0 Å². The quantitative estimate of drug-likeness (QED) is 0.915. The smallest absolute Gasteiger partial charge is 0.323 e. The van der Waals surface area contributed by atoms with Crippen molar-refractivity contribution >= 4 is 34.2 Å². The number of pyridine rings is 1. The van der Waals surface area contributed by atoms with Crippen LogP contribution in [0.3, 0.4) is 0 Å². The first-order valence-corrected chi connectivity index (χ1v) is 6.93. The monoisotopic (exact) mass is 292 g/mol. The molecule has 0 saturated carbocycles. The van der Waals surface area contributed by atoms with Gasteiger partial charge in [0.1, 0.15) is 6.54 Å². The summed E-state index contributed by atoms with van der Waals surface area (Å²) in [6.45, 7) is 4.03. The third-order valence-corrected chi connectivity index (χ3v) is 3.65. The van der Waals surface area contributed by atoms with Crippen LogP contribution in [0.2, 0.25) is 5.02 Å². The van der Waals surface area contributed by atoms with Crippen LogP contribution in [-0.4, -0.2) is 28.6 Å². The summed E-state index contributed by atoms with van der Waals surface area (Å²) in [7, 11) is 0. The number of rotatable bonds is 5. The highest BCUT2D eigenvalue weighted by molar-refractivity contribution is 6.31. The fourth-order valence-corrected chi connectivity index (χ4v) is 2.37. The molecule has 2 aromatic rings. The van der Waals surface area contributed by atoms with Gasteiger partial charge in [0.2, 0.25) is 0 Å². The van der Waals surface area contributed by atoms with Crippen molar-refractivity contribution < 1.29 is 9.90 Å². The Morgan fingerprint density at radius 2 is 2.20 bits per heavy atom. The lowest BCUT2D eigenvalue weighted by atomic mass is 10.1. The molecule has 1 atom stereocenters. The molecule has 20 heavy (non-hydrogen) atoms. The molecule has 1 aromatic heterocycles. The van der Waals surface area contributed by atoms with Gasteiger partial charge in [0.05, 0.1) is 5.52 Å². The van der Waals surface area contributed by atoms with E-state index in [1.807, 2.05) is 30.9 Å². The Balaban J connectivity index is 2.55. The summed E-state index contributed by atoms with van der Waals surface area (Å²) < 4.78 is 0. The van der Waals surface area contributed by atoms with E-state index in [1.54, 1.807) is 18.3 Å². The van der Waals surface area contributed by atoms with Crippen LogP contribution in [-0.2, 0) is 4.79 Å². The average Bonchev–Trinajstić information content (AvgIpc) is 2.42. The molecular formula is C15H17ClN2O2. The van der Waals surface area contributed by atoms with Gasteiger partial charge in [-0.05, 0) is 37.6 Å². The van der Waals surface area contributed by atoms with E-state index in [1.165, 1.54) is 0 Å². The average molecular weight is 293 g/mol. The van der Waals surface area contributed by atoms with Crippen LogP contribution in [0.1, 0.15) is 20.3 Å². The van der Waals surface area contributed by atoms with E-state index >= 15 is 0 Å². The normalized spacial score (nSPS) is 12.3. The zero-order valence-corrected chi connectivity index (χ0v) is 12.3. The van der Waals surface area contributed by atoms with Crippen LogP contribution in [0.25, 0.3) is 10.9 Å². The van der Waals surface area contributed by atoms with Gasteiger partial charge in [-0.2, -0.15) is 0 Å². The Kier molecular flexibility index (Phi) is 4.45. The molecule has 4 nitrogen and oxygen atoms in total. The lowest BCUT2D eigenvalue weighted by Gasteiger charge is -2.30. The molecule has 106 valence electrons. The summed E-state index contributed by atoms with van der Waals surface area (Å²) in [5.74, 6) is -0.843. The first kappa shape index (κ1) is 14.6. The minimum atomic E-state index is -0.843. The van der Waals surface area contributed by atoms with Gasteiger partial charge < -0.3 is 10.0 Å². The van der Waals surface area contributed by atoms with E-state index in [-0.39, 0.29) is 12.6 Å². The van der Waals surface area contributed by atoms with Crippen molar-refractivity contribution in [3.63, 3.8) is 0 Å². The number of hydrogen-bond donors (Lipinski definition) is 1. The van der Waals surface area contributed by atoms with E-state index in [4.69, 9.17) is 16.7 Å². The highest BCUT2D eigenvalue weighted by Gasteiger charge is 2.18. The molecule has 1 heterocycles. The molecule has 0 spiro atoms. The molecule has 0 saturated heterocycles. The molecule has 1 unspecified atom stereocenters. The van der Waals surface area contributed by atoms with Crippen molar-refractivity contribution in [3.8, 4) is 0 Å². The predicted molar refractivity (Wildman–Crippen MR) is 81.5 cm³/mol. The van der Waals surface area contributed by atoms with Gasteiger partial charge >= 0.3 is 5.97 Å². The van der Waals surface area contributed by atoms with Crippen LogP contribution >= 0.6 is 11.6 Å². The molecule has 0 amide bonds. The summed E-state index contributed by atoms with van der Waals surface area (Å²) in [6, 6.07) is 7.45. The van der Waals surface area contributed by atoms with E-state index in [2.05, 4.69) is 4.98 Å². The maximum Gasteiger partial charge on any atom is 0.323 e. The number of anilines is 1. The Hall–Kier alpha value is -1.81. The molecule has 5 heteroatoms. The molecule has 0 radical (unpaired) electrons. The summed E-state index contributed by atoms with van der Waals surface area (Å²) in [6.07, 6.45) is 2.55. The zero-order chi connectivity index (χ0) is 14.7. The highest BCUT2D eigenvalue weighted by Crippen LogP contribution is 2.29. The molecular weight excluding hydrogens is 276 g/mol. The highest BCUT2D eigenvalue weighted by atomic mass is 35.5. The van der Waals surface area contributed by atoms with Crippen LogP contribution in [0.15, 0.2) is 30.5 Å². The van der Waals surface area contributed by atoms with Crippen LogP contribution < -0.4 is 4.90 Å². The van der Waals surface area contributed by atoms with Gasteiger partial charge in [-0.3, -0.25) is 9.78 Å². The maximum absolute atomic E-state index is 11.1. The number of nitrogens with zero attached hydrogens (tertiary/aromatic N) is 2. The van der Waals surface area contributed by atoms with Crippen molar-refractivity contribution in [2.24, 2.45) is 0 Å². The number of aromatic nitrogens is 1. The second-order valence-electron chi connectivity index (χ2n) is 4.77. The third-order valence-electron chi connectivity index (χ3n) is 3.42. The number of halogens is 1. The fraction of sp³-hybridized carbons (Fsp3) is 0.333. The lowest BCUT2D eigenvalue weighted by molar-refractivity contribution is -0.135. The third kappa shape index (κ3) is 3.02. The van der Waals surface area contributed by atoms with Crippen LogP contribution in [0, 0.1) is 0 Å². The van der Waals surface area contributed by atoms with Crippen LogP contribution in [0.4, 0.5) is 5.69 Å². The van der Waals surface area contributed by atoms with Gasteiger partial charge in [0.15, 0.2) is 0 Å². The second kappa shape index (κ2) is 6.09. The summed E-state index contributed by atoms with van der Waals surface area (Å²) in [4.78, 5) is 17.3. The number of carboxylic acid groups (broad SMARTS) is 1. The van der Waals surface area contributed by atoms with Gasteiger partial charge in [0, 0.05) is 28.3 Å². The predicted octanol–water partition coefficient (Wildman–Crippen LogP) is 3.58. The number of hydrogen-bond acceptors (Lipinski definition) is 3. The standard InChI is InChI=1S/C15H17ClN2O2/c1-3-10(2)18(9-15(19)20)14-6-7-17-13-8-11(16)4-5-12(13)14/h4-8,10H,3,9H2,1-2H3,(H,19,20). The van der Waals surface area contributed by atoms with E-state index in [0.29, 0.717) is 5.02 Å². The molecule has 0 bridgehead atoms. The lowest BCUT2D eigenvalue weighted by Crippen LogP contribution is -2.37. The van der Waals surface area contributed by atoms with E-state index in [9.17, 15) is 4.79 Å². The Morgan fingerprint density at radius 1 is 1.45 bits per heavy atom. The summed E-state index contributed by atoms with van der Waals surface area (Å²) in [5.41, 5.74) is 1.65. The number of aliphatic carboxylic acids is 1. The molecule has 0 aliphatic rings. The minimum absolute atomic E-state index is 0.0310.